The summed E-state index contributed by atoms with van der Waals surface area (Å²) in [6.45, 7) is 0.421. The van der Waals surface area contributed by atoms with Crippen molar-refractivity contribution in [2.45, 2.75) is 25.1 Å². The topological polar surface area (TPSA) is 118 Å². The Balaban J connectivity index is 1.30. The van der Waals surface area contributed by atoms with Crippen LogP contribution in [0.3, 0.4) is 0 Å². The SMILES string of the molecule is O=C(N/N=C/c1cccc([N+](=O)[O-])c1)C1CC(c2cccc(OCc3ccc(Cl)cc3)c2)NN1. The first-order valence-electron chi connectivity index (χ1n) is 10.5. The van der Waals surface area contributed by atoms with Crippen LogP contribution < -0.4 is 21.0 Å². The van der Waals surface area contributed by atoms with E-state index in [0.717, 1.165) is 16.9 Å². The first-order valence-corrected chi connectivity index (χ1v) is 10.9. The molecule has 3 aromatic carbocycles. The van der Waals surface area contributed by atoms with Gasteiger partial charge in [0.2, 0.25) is 0 Å². The standard InChI is InChI=1S/C24H22ClN5O4/c25-19-9-7-16(8-10-19)15-34-21-6-2-4-18(12-21)22-13-23(28-27-22)24(31)29-26-14-17-3-1-5-20(11-17)30(32)33/h1-12,14,22-23,27-28H,13,15H2,(H,29,31)/b26-14+. The summed E-state index contributed by atoms with van der Waals surface area (Å²) >= 11 is 5.92. The van der Waals surface area contributed by atoms with Crippen LogP contribution in [0.5, 0.6) is 5.75 Å². The number of benzene rings is 3. The summed E-state index contributed by atoms with van der Waals surface area (Å²) in [5, 5.41) is 15.4. The molecule has 1 fully saturated rings. The molecule has 0 saturated carbocycles. The molecule has 0 aromatic heterocycles. The summed E-state index contributed by atoms with van der Waals surface area (Å²) < 4.78 is 5.89. The fourth-order valence-corrected chi connectivity index (χ4v) is 3.61. The summed E-state index contributed by atoms with van der Waals surface area (Å²) in [6.07, 6.45) is 1.88. The van der Waals surface area contributed by atoms with Crippen molar-refractivity contribution in [3.63, 3.8) is 0 Å². The van der Waals surface area contributed by atoms with Gasteiger partial charge in [-0.2, -0.15) is 5.10 Å². The van der Waals surface area contributed by atoms with E-state index in [9.17, 15) is 14.9 Å². The number of hydrogen-bond donors (Lipinski definition) is 3. The lowest BCUT2D eigenvalue weighted by molar-refractivity contribution is -0.384. The Bertz CT molecular complexity index is 1200. The average molecular weight is 480 g/mol. The maximum Gasteiger partial charge on any atom is 0.270 e. The molecule has 3 aromatic rings. The number of nitro benzene ring substituents is 1. The molecule has 0 radical (unpaired) electrons. The highest BCUT2D eigenvalue weighted by Crippen LogP contribution is 2.26. The third-order valence-electron chi connectivity index (χ3n) is 5.27. The molecule has 3 N–H and O–H groups in total. The molecule has 1 saturated heterocycles. The van der Waals surface area contributed by atoms with E-state index >= 15 is 0 Å². The zero-order valence-corrected chi connectivity index (χ0v) is 18.7. The van der Waals surface area contributed by atoms with E-state index in [2.05, 4.69) is 21.4 Å². The van der Waals surface area contributed by atoms with E-state index in [1.807, 2.05) is 48.5 Å². The van der Waals surface area contributed by atoms with Crippen molar-refractivity contribution in [2.24, 2.45) is 5.10 Å². The normalized spacial score (nSPS) is 17.6. The maximum absolute atomic E-state index is 12.5. The molecular formula is C24H22ClN5O4. The van der Waals surface area contributed by atoms with Crippen molar-refractivity contribution >= 4 is 29.4 Å². The number of ether oxygens (including phenoxy) is 1. The fourth-order valence-electron chi connectivity index (χ4n) is 3.48. The molecule has 34 heavy (non-hydrogen) atoms. The van der Waals surface area contributed by atoms with Crippen LogP contribution in [0, 0.1) is 10.1 Å². The zero-order chi connectivity index (χ0) is 23.9. The van der Waals surface area contributed by atoms with Crippen LogP contribution >= 0.6 is 11.6 Å². The minimum Gasteiger partial charge on any atom is -0.489 e. The molecule has 10 heteroatoms. The summed E-state index contributed by atoms with van der Waals surface area (Å²) in [7, 11) is 0. The van der Waals surface area contributed by atoms with Gasteiger partial charge >= 0.3 is 0 Å². The van der Waals surface area contributed by atoms with E-state index < -0.39 is 11.0 Å². The molecule has 0 aliphatic carbocycles. The lowest BCUT2D eigenvalue weighted by Gasteiger charge is -2.12. The maximum atomic E-state index is 12.5. The molecule has 1 heterocycles. The van der Waals surface area contributed by atoms with Gasteiger partial charge in [0, 0.05) is 28.8 Å². The Morgan fingerprint density at radius 3 is 2.74 bits per heavy atom. The Hall–Kier alpha value is -3.79. The van der Waals surface area contributed by atoms with Gasteiger partial charge in [-0.3, -0.25) is 14.9 Å². The van der Waals surface area contributed by atoms with Gasteiger partial charge in [-0.15, -0.1) is 0 Å². The summed E-state index contributed by atoms with van der Waals surface area (Å²) in [4.78, 5) is 22.8. The number of hydrazone groups is 1. The van der Waals surface area contributed by atoms with Gasteiger partial charge in [-0.05, 0) is 41.8 Å². The number of nitrogens with zero attached hydrogens (tertiary/aromatic N) is 2. The highest BCUT2D eigenvalue weighted by molar-refractivity contribution is 6.30. The van der Waals surface area contributed by atoms with Gasteiger partial charge in [-0.25, -0.2) is 16.3 Å². The van der Waals surface area contributed by atoms with Crippen LogP contribution in [0.25, 0.3) is 0 Å². The van der Waals surface area contributed by atoms with E-state index in [0.29, 0.717) is 23.6 Å². The van der Waals surface area contributed by atoms with Gasteiger partial charge in [0.1, 0.15) is 18.4 Å². The van der Waals surface area contributed by atoms with Gasteiger partial charge < -0.3 is 4.74 Å². The number of hydrazine groups is 1. The lowest BCUT2D eigenvalue weighted by atomic mass is 10.0. The molecule has 4 rings (SSSR count). The minimum absolute atomic E-state index is 0.0425. The van der Waals surface area contributed by atoms with Crippen molar-refractivity contribution in [3.8, 4) is 5.75 Å². The Kier molecular flexibility index (Phi) is 7.48. The number of non-ortho nitro benzene ring substituents is 1. The Labute approximate surface area is 200 Å². The Morgan fingerprint density at radius 2 is 1.94 bits per heavy atom. The highest BCUT2D eigenvalue weighted by atomic mass is 35.5. The fraction of sp³-hybridized carbons (Fsp3) is 0.167. The first-order chi connectivity index (χ1) is 16.5. The number of hydrogen-bond acceptors (Lipinski definition) is 7. The van der Waals surface area contributed by atoms with Crippen LogP contribution in [-0.2, 0) is 11.4 Å². The Morgan fingerprint density at radius 1 is 1.15 bits per heavy atom. The molecule has 0 spiro atoms. The number of amides is 1. The highest BCUT2D eigenvalue weighted by Gasteiger charge is 2.30. The molecule has 2 atom stereocenters. The van der Waals surface area contributed by atoms with Gasteiger partial charge in [-0.1, -0.05) is 48.0 Å². The third kappa shape index (κ3) is 6.16. The van der Waals surface area contributed by atoms with Gasteiger partial charge in [0.05, 0.1) is 11.1 Å². The molecule has 1 aliphatic heterocycles. The molecule has 1 aliphatic rings. The summed E-state index contributed by atoms with van der Waals surface area (Å²) in [5.41, 5.74) is 11.1. The number of carbonyl (C=O) groups excluding carboxylic acids is 1. The number of nitrogens with one attached hydrogen (secondary N) is 3. The van der Waals surface area contributed by atoms with E-state index in [-0.39, 0.29) is 17.6 Å². The average Bonchev–Trinajstić information content (AvgIpc) is 3.35. The van der Waals surface area contributed by atoms with E-state index in [4.69, 9.17) is 16.3 Å². The molecule has 174 valence electrons. The van der Waals surface area contributed by atoms with Crippen LogP contribution in [0.1, 0.15) is 29.2 Å². The number of rotatable bonds is 8. The molecule has 1 amide bonds. The van der Waals surface area contributed by atoms with Crippen LogP contribution in [0.15, 0.2) is 77.9 Å². The third-order valence-corrected chi connectivity index (χ3v) is 5.52. The monoisotopic (exact) mass is 479 g/mol. The van der Waals surface area contributed by atoms with Gasteiger partial charge in [0.25, 0.3) is 11.6 Å². The quantitative estimate of drug-likeness (QED) is 0.256. The second-order valence-electron chi connectivity index (χ2n) is 7.70. The molecular weight excluding hydrogens is 458 g/mol. The second kappa shape index (κ2) is 10.9. The van der Waals surface area contributed by atoms with E-state index in [1.165, 1.54) is 18.3 Å². The lowest BCUT2D eigenvalue weighted by Crippen LogP contribution is -2.41. The number of halogens is 1. The molecule has 0 bridgehead atoms. The largest absolute Gasteiger partial charge is 0.489 e. The van der Waals surface area contributed by atoms with Crippen LogP contribution in [0.4, 0.5) is 5.69 Å². The predicted molar refractivity (Wildman–Crippen MR) is 128 cm³/mol. The van der Waals surface area contributed by atoms with Crippen molar-refractivity contribution in [2.75, 3.05) is 0 Å². The van der Waals surface area contributed by atoms with Crippen LogP contribution in [0.2, 0.25) is 5.02 Å². The number of carbonyl (C=O) groups is 1. The second-order valence-corrected chi connectivity index (χ2v) is 8.14. The zero-order valence-electron chi connectivity index (χ0n) is 18.0. The summed E-state index contributed by atoms with van der Waals surface area (Å²) in [5.74, 6) is 0.413. The molecule has 9 nitrogen and oxygen atoms in total. The van der Waals surface area contributed by atoms with Crippen molar-refractivity contribution in [1.29, 1.82) is 0 Å². The summed E-state index contributed by atoms with van der Waals surface area (Å²) in [6, 6.07) is 20.6. The van der Waals surface area contributed by atoms with E-state index in [1.54, 1.807) is 12.1 Å². The van der Waals surface area contributed by atoms with Gasteiger partial charge in [0.15, 0.2) is 0 Å². The van der Waals surface area contributed by atoms with Crippen molar-refractivity contribution < 1.29 is 14.5 Å². The molecule has 2 unspecified atom stereocenters. The number of nitro groups is 1. The minimum atomic E-state index is -0.495. The smallest absolute Gasteiger partial charge is 0.270 e. The van der Waals surface area contributed by atoms with Crippen molar-refractivity contribution in [1.82, 2.24) is 16.3 Å². The van der Waals surface area contributed by atoms with Crippen LogP contribution in [-0.4, -0.2) is 23.1 Å². The van der Waals surface area contributed by atoms with Crippen molar-refractivity contribution in [3.05, 3.63) is 105 Å². The first kappa shape index (κ1) is 23.4. The predicted octanol–water partition coefficient (Wildman–Crippen LogP) is 3.89.